The fourth-order valence-corrected chi connectivity index (χ4v) is 3.44. The standard InChI is InChI=1S/C16H12ClN5O2S/c17-14-6-5-13(25-14)11-7-12(24-22-11)16(23)20-10-3-1-9(2-4-10)15-18-8-19-21-15/h1-6,8,12H,7H2,(H,20,23)(H,18,19,21)/t12-/m1/s1. The molecule has 3 heterocycles. The van der Waals surface area contributed by atoms with E-state index in [1.165, 1.54) is 17.7 Å². The highest BCUT2D eigenvalue weighted by molar-refractivity contribution is 7.18. The van der Waals surface area contributed by atoms with E-state index in [0.717, 1.165) is 16.2 Å². The van der Waals surface area contributed by atoms with Crippen molar-refractivity contribution >= 4 is 40.2 Å². The van der Waals surface area contributed by atoms with Gasteiger partial charge in [-0.05, 0) is 36.4 Å². The van der Waals surface area contributed by atoms with Gasteiger partial charge >= 0.3 is 0 Å². The van der Waals surface area contributed by atoms with Crippen molar-refractivity contribution in [1.29, 1.82) is 0 Å². The lowest BCUT2D eigenvalue weighted by atomic mass is 10.1. The SMILES string of the molecule is O=C(Nc1ccc(-c2ncn[nH]2)cc1)[C@H]1CC(c2ccc(Cl)s2)=NO1. The van der Waals surface area contributed by atoms with Crippen molar-refractivity contribution in [3.05, 3.63) is 51.9 Å². The van der Waals surface area contributed by atoms with E-state index in [9.17, 15) is 4.79 Å². The number of anilines is 1. The fourth-order valence-electron chi connectivity index (χ4n) is 2.41. The summed E-state index contributed by atoms with van der Waals surface area (Å²) in [5.41, 5.74) is 2.29. The third kappa shape index (κ3) is 3.40. The van der Waals surface area contributed by atoms with Gasteiger partial charge in [-0.3, -0.25) is 9.89 Å². The van der Waals surface area contributed by atoms with Crippen LogP contribution < -0.4 is 5.32 Å². The Kier molecular flexibility index (Phi) is 4.21. The van der Waals surface area contributed by atoms with Crippen LogP contribution in [-0.4, -0.2) is 32.9 Å². The number of oxime groups is 1. The summed E-state index contributed by atoms with van der Waals surface area (Å²) < 4.78 is 0.678. The Morgan fingerprint density at radius 2 is 2.12 bits per heavy atom. The summed E-state index contributed by atoms with van der Waals surface area (Å²) in [7, 11) is 0. The minimum atomic E-state index is -0.648. The Morgan fingerprint density at radius 3 is 2.80 bits per heavy atom. The number of benzene rings is 1. The second-order valence-corrected chi connectivity index (χ2v) is 7.06. The molecule has 0 unspecified atom stereocenters. The molecule has 4 rings (SSSR count). The highest BCUT2D eigenvalue weighted by atomic mass is 35.5. The summed E-state index contributed by atoms with van der Waals surface area (Å²) in [6.45, 7) is 0. The number of amides is 1. The molecule has 1 aliphatic heterocycles. The molecular weight excluding hydrogens is 362 g/mol. The van der Waals surface area contributed by atoms with Gasteiger partial charge < -0.3 is 10.2 Å². The summed E-state index contributed by atoms with van der Waals surface area (Å²) in [6.07, 6.45) is 1.21. The van der Waals surface area contributed by atoms with Crippen LogP contribution in [0.15, 0.2) is 47.9 Å². The molecule has 0 bridgehead atoms. The molecule has 1 amide bonds. The second-order valence-electron chi connectivity index (χ2n) is 5.34. The summed E-state index contributed by atoms with van der Waals surface area (Å²) in [4.78, 5) is 22.6. The topological polar surface area (TPSA) is 92.3 Å². The quantitative estimate of drug-likeness (QED) is 0.733. The second kappa shape index (κ2) is 6.66. The van der Waals surface area contributed by atoms with Gasteiger partial charge in [-0.25, -0.2) is 4.98 Å². The predicted octanol–water partition coefficient (Wildman–Crippen LogP) is 3.32. The molecule has 0 radical (unpaired) electrons. The Hall–Kier alpha value is -2.71. The van der Waals surface area contributed by atoms with Gasteiger partial charge in [-0.2, -0.15) is 5.10 Å². The van der Waals surface area contributed by atoms with Crippen LogP contribution in [0.2, 0.25) is 4.34 Å². The van der Waals surface area contributed by atoms with Crippen molar-refractivity contribution < 1.29 is 9.63 Å². The van der Waals surface area contributed by atoms with E-state index in [2.05, 4.69) is 25.7 Å². The number of nitrogens with one attached hydrogen (secondary N) is 2. The third-order valence-corrected chi connectivity index (χ3v) is 4.94. The van der Waals surface area contributed by atoms with E-state index in [0.29, 0.717) is 22.3 Å². The van der Waals surface area contributed by atoms with Crippen molar-refractivity contribution in [2.24, 2.45) is 5.16 Å². The molecule has 0 saturated heterocycles. The maximum atomic E-state index is 12.3. The summed E-state index contributed by atoms with van der Waals surface area (Å²) in [6, 6.07) is 11.0. The predicted molar refractivity (Wildman–Crippen MR) is 95.8 cm³/mol. The number of carbonyl (C=O) groups is 1. The van der Waals surface area contributed by atoms with Gasteiger partial charge in [0.1, 0.15) is 12.0 Å². The summed E-state index contributed by atoms with van der Waals surface area (Å²) in [5.74, 6) is 0.429. The molecule has 1 aliphatic rings. The number of rotatable bonds is 4. The average molecular weight is 374 g/mol. The molecule has 126 valence electrons. The van der Waals surface area contributed by atoms with Crippen LogP contribution in [0.25, 0.3) is 11.4 Å². The van der Waals surface area contributed by atoms with Gasteiger partial charge in [0.15, 0.2) is 5.82 Å². The fraction of sp³-hybridized carbons (Fsp3) is 0.125. The monoisotopic (exact) mass is 373 g/mol. The van der Waals surface area contributed by atoms with Crippen molar-refractivity contribution in [3.63, 3.8) is 0 Å². The zero-order valence-corrected chi connectivity index (χ0v) is 14.3. The molecule has 0 saturated carbocycles. The molecule has 2 N–H and O–H groups in total. The number of hydrogen-bond donors (Lipinski definition) is 2. The third-order valence-electron chi connectivity index (χ3n) is 3.66. The molecule has 3 aromatic rings. The van der Waals surface area contributed by atoms with Crippen LogP contribution >= 0.6 is 22.9 Å². The first-order valence-corrected chi connectivity index (χ1v) is 8.63. The molecule has 2 aromatic heterocycles. The first kappa shape index (κ1) is 15.8. The van der Waals surface area contributed by atoms with E-state index in [1.807, 2.05) is 18.2 Å². The highest BCUT2D eigenvalue weighted by Gasteiger charge is 2.29. The first-order valence-electron chi connectivity index (χ1n) is 7.44. The molecule has 0 aliphatic carbocycles. The molecule has 7 nitrogen and oxygen atoms in total. The number of H-pyrrole nitrogens is 1. The van der Waals surface area contributed by atoms with Gasteiger partial charge in [0.25, 0.3) is 5.91 Å². The molecule has 0 spiro atoms. The van der Waals surface area contributed by atoms with Crippen molar-refractivity contribution in [2.45, 2.75) is 12.5 Å². The van der Waals surface area contributed by atoms with Crippen LogP contribution in [0.1, 0.15) is 11.3 Å². The van der Waals surface area contributed by atoms with Crippen LogP contribution in [0, 0.1) is 0 Å². The van der Waals surface area contributed by atoms with Crippen molar-refractivity contribution in [3.8, 4) is 11.4 Å². The maximum absolute atomic E-state index is 12.3. The van der Waals surface area contributed by atoms with Crippen molar-refractivity contribution in [2.75, 3.05) is 5.32 Å². The van der Waals surface area contributed by atoms with Gasteiger partial charge in [0, 0.05) is 17.7 Å². The Labute approximate surface area is 151 Å². The van der Waals surface area contributed by atoms with E-state index in [1.54, 1.807) is 18.2 Å². The van der Waals surface area contributed by atoms with Crippen LogP contribution in [0.4, 0.5) is 5.69 Å². The van der Waals surface area contributed by atoms with E-state index in [4.69, 9.17) is 16.4 Å². The minimum Gasteiger partial charge on any atom is -0.382 e. The molecule has 0 fully saturated rings. The minimum absolute atomic E-state index is 0.242. The summed E-state index contributed by atoms with van der Waals surface area (Å²) >= 11 is 7.34. The number of nitrogens with zero attached hydrogens (tertiary/aromatic N) is 3. The van der Waals surface area contributed by atoms with E-state index < -0.39 is 6.10 Å². The number of aromatic amines is 1. The lowest BCUT2D eigenvalue weighted by molar-refractivity contribution is -0.125. The number of hydrogen-bond acceptors (Lipinski definition) is 6. The Morgan fingerprint density at radius 1 is 1.28 bits per heavy atom. The molecule has 1 atom stereocenters. The normalized spacial score (nSPS) is 16.4. The van der Waals surface area contributed by atoms with E-state index in [-0.39, 0.29) is 5.91 Å². The van der Waals surface area contributed by atoms with Crippen molar-refractivity contribution in [1.82, 2.24) is 15.2 Å². The van der Waals surface area contributed by atoms with Crippen LogP contribution in [0.5, 0.6) is 0 Å². The molecule has 25 heavy (non-hydrogen) atoms. The maximum Gasteiger partial charge on any atom is 0.268 e. The lowest BCUT2D eigenvalue weighted by Crippen LogP contribution is -2.27. The zero-order valence-electron chi connectivity index (χ0n) is 12.8. The Bertz CT molecular complexity index is 920. The number of thiophene rings is 1. The van der Waals surface area contributed by atoms with Gasteiger partial charge in [0.05, 0.1) is 9.21 Å². The van der Waals surface area contributed by atoms with Crippen LogP contribution in [-0.2, 0) is 9.63 Å². The number of carbonyl (C=O) groups excluding carboxylic acids is 1. The smallest absolute Gasteiger partial charge is 0.268 e. The molecular formula is C16H12ClN5O2S. The summed E-state index contributed by atoms with van der Waals surface area (Å²) in [5, 5.41) is 13.4. The van der Waals surface area contributed by atoms with E-state index >= 15 is 0 Å². The molecule has 1 aromatic carbocycles. The van der Waals surface area contributed by atoms with Gasteiger partial charge in [0.2, 0.25) is 6.10 Å². The lowest BCUT2D eigenvalue weighted by Gasteiger charge is -2.09. The largest absolute Gasteiger partial charge is 0.382 e. The average Bonchev–Trinajstić information content (AvgIpc) is 3.36. The van der Waals surface area contributed by atoms with Crippen LogP contribution in [0.3, 0.4) is 0 Å². The first-order chi connectivity index (χ1) is 12.2. The van der Waals surface area contributed by atoms with Gasteiger partial charge in [-0.1, -0.05) is 16.8 Å². The van der Waals surface area contributed by atoms with Gasteiger partial charge in [-0.15, -0.1) is 11.3 Å². The number of halogens is 1. The molecule has 9 heteroatoms. The zero-order chi connectivity index (χ0) is 17.2. The highest BCUT2D eigenvalue weighted by Crippen LogP contribution is 2.27. The number of aromatic nitrogens is 3. The Balaban J connectivity index is 1.38.